The van der Waals surface area contributed by atoms with E-state index >= 15 is 0 Å². The van der Waals surface area contributed by atoms with E-state index in [1.807, 2.05) is 54.6 Å². The van der Waals surface area contributed by atoms with Crippen molar-refractivity contribution >= 4 is 65.4 Å². The number of furan rings is 2. The standard InChI is InChI=1S/C53H31N3O2/c1-2-15-38-32(11-1)25-28-34-12-8-18-40(48(34)38)36-13-7-14-37(31-36)52-54-51(55-53(56-52)44-21-9-20-42-41-16-3-5-22-45(41)58-50(42)44)35-29-26-33(27-30-35)39-19-10-24-47-49(39)43-17-4-6-23-46(43)57-47/h1-31H. The Morgan fingerprint density at radius 3 is 1.71 bits per heavy atom. The van der Waals surface area contributed by atoms with E-state index in [-0.39, 0.29) is 0 Å². The molecule has 5 heteroatoms. The van der Waals surface area contributed by atoms with Crippen LogP contribution in [0.25, 0.3) is 122 Å². The van der Waals surface area contributed by atoms with Crippen LogP contribution in [-0.2, 0) is 0 Å². The summed E-state index contributed by atoms with van der Waals surface area (Å²) in [6.07, 6.45) is 0. The van der Waals surface area contributed by atoms with E-state index in [1.165, 1.54) is 21.5 Å². The minimum Gasteiger partial charge on any atom is -0.456 e. The Balaban J connectivity index is 1.03. The van der Waals surface area contributed by atoms with E-state index < -0.39 is 0 Å². The molecule has 0 aliphatic rings. The zero-order chi connectivity index (χ0) is 38.2. The molecule has 3 aromatic heterocycles. The first-order chi connectivity index (χ1) is 28.7. The minimum atomic E-state index is 0.546. The summed E-state index contributed by atoms with van der Waals surface area (Å²) in [5.74, 6) is 1.71. The Morgan fingerprint density at radius 1 is 0.293 bits per heavy atom. The van der Waals surface area contributed by atoms with Crippen LogP contribution in [-0.4, -0.2) is 15.0 Å². The Bertz CT molecular complexity index is 3580. The number of benzene rings is 9. The van der Waals surface area contributed by atoms with Crippen LogP contribution < -0.4 is 0 Å². The molecule has 0 atom stereocenters. The highest BCUT2D eigenvalue weighted by molar-refractivity contribution is 6.15. The highest BCUT2D eigenvalue weighted by Crippen LogP contribution is 2.40. The van der Waals surface area contributed by atoms with Crippen LogP contribution in [0, 0.1) is 0 Å². The van der Waals surface area contributed by atoms with Gasteiger partial charge in [-0.15, -0.1) is 0 Å². The maximum absolute atomic E-state index is 6.50. The Labute approximate surface area is 332 Å². The molecule has 5 nitrogen and oxygen atoms in total. The average molecular weight is 742 g/mol. The van der Waals surface area contributed by atoms with Crippen LogP contribution in [0.5, 0.6) is 0 Å². The molecule has 12 rings (SSSR count). The number of aromatic nitrogens is 3. The quantitative estimate of drug-likeness (QED) is 0.164. The van der Waals surface area contributed by atoms with E-state index in [0.717, 1.165) is 82.8 Å². The second-order valence-corrected chi connectivity index (χ2v) is 14.7. The Morgan fingerprint density at radius 2 is 0.845 bits per heavy atom. The van der Waals surface area contributed by atoms with Crippen molar-refractivity contribution in [2.24, 2.45) is 0 Å². The van der Waals surface area contributed by atoms with Crippen molar-refractivity contribution in [3.63, 3.8) is 0 Å². The lowest BCUT2D eigenvalue weighted by Gasteiger charge is -2.12. The molecule has 0 N–H and O–H groups in total. The van der Waals surface area contributed by atoms with Crippen LogP contribution in [0.1, 0.15) is 0 Å². The molecule has 9 aromatic carbocycles. The van der Waals surface area contributed by atoms with Gasteiger partial charge < -0.3 is 8.83 Å². The summed E-state index contributed by atoms with van der Waals surface area (Å²) < 4.78 is 12.7. The van der Waals surface area contributed by atoms with Crippen molar-refractivity contribution in [1.29, 1.82) is 0 Å². The minimum absolute atomic E-state index is 0.546. The Hall–Kier alpha value is -7.89. The van der Waals surface area contributed by atoms with Gasteiger partial charge in [0.05, 0.1) is 5.56 Å². The lowest BCUT2D eigenvalue weighted by Crippen LogP contribution is -2.00. The maximum atomic E-state index is 6.50. The molecule has 0 aliphatic heterocycles. The SMILES string of the molecule is c1cc(-c2nc(-c3ccc(-c4cccc5oc6ccccc6c45)cc3)nc(-c3cccc4c3oc3ccccc34)n2)cc(-c2cccc3ccc4ccccc4c23)c1. The summed E-state index contributed by atoms with van der Waals surface area (Å²) in [7, 11) is 0. The number of fused-ring (bicyclic) bond motifs is 9. The van der Waals surface area contributed by atoms with Gasteiger partial charge in [0.15, 0.2) is 17.5 Å². The molecular weight excluding hydrogens is 711 g/mol. The first-order valence-corrected chi connectivity index (χ1v) is 19.4. The van der Waals surface area contributed by atoms with Gasteiger partial charge in [0.2, 0.25) is 0 Å². The lowest BCUT2D eigenvalue weighted by atomic mass is 9.93. The predicted molar refractivity (Wildman–Crippen MR) is 237 cm³/mol. The summed E-state index contributed by atoms with van der Waals surface area (Å²) in [4.78, 5) is 15.5. The van der Waals surface area contributed by atoms with Gasteiger partial charge in [-0.3, -0.25) is 0 Å². The summed E-state index contributed by atoms with van der Waals surface area (Å²) >= 11 is 0. The first-order valence-electron chi connectivity index (χ1n) is 19.4. The van der Waals surface area contributed by atoms with Crippen LogP contribution in [0.15, 0.2) is 197 Å². The molecule has 0 saturated heterocycles. The number of para-hydroxylation sites is 3. The monoisotopic (exact) mass is 741 g/mol. The molecule has 0 aliphatic carbocycles. The Kier molecular flexibility index (Phi) is 7.16. The second kappa shape index (κ2) is 12.8. The summed E-state index contributed by atoms with van der Waals surface area (Å²) in [5.41, 5.74) is 10.4. The number of hydrogen-bond donors (Lipinski definition) is 0. The molecule has 12 aromatic rings. The number of rotatable bonds is 5. The first kappa shape index (κ1) is 32.4. The van der Waals surface area contributed by atoms with Gasteiger partial charge in [-0.2, -0.15) is 0 Å². The van der Waals surface area contributed by atoms with Crippen LogP contribution in [0.3, 0.4) is 0 Å². The van der Waals surface area contributed by atoms with E-state index in [2.05, 4.69) is 133 Å². The third-order valence-corrected chi connectivity index (χ3v) is 11.3. The maximum Gasteiger partial charge on any atom is 0.167 e. The van der Waals surface area contributed by atoms with Crippen molar-refractivity contribution in [2.45, 2.75) is 0 Å². The predicted octanol–water partition coefficient (Wildman–Crippen LogP) is 14.3. The van der Waals surface area contributed by atoms with Gasteiger partial charge in [-0.1, -0.05) is 158 Å². The summed E-state index contributed by atoms with van der Waals surface area (Å²) in [5, 5.41) is 9.15. The fraction of sp³-hybridized carbons (Fsp3) is 0. The van der Waals surface area contributed by atoms with Crippen LogP contribution in [0.2, 0.25) is 0 Å². The molecule has 0 saturated carbocycles. The fourth-order valence-electron chi connectivity index (χ4n) is 8.62. The fourth-order valence-corrected chi connectivity index (χ4v) is 8.62. The third-order valence-electron chi connectivity index (χ3n) is 11.3. The molecule has 0 unspecified atom stereocenters. The summed E-state index contributed by atoms with van der Waals surface area (Å²) in [6, 6.07) is 65.2. The van der Waals surface area contributed by atoms with Gasteiger partial charge in [-0.25, -0.2) is 15.0 Å². The highest BCUT2D eigenvalue weighted by atomic mass is 16.3. The zero-order valence-electron chi connectivity index (χ0n) is 31.1. The van der Waals surface area contributed by atoms with Crippen molar-refractivity contribution in [2.75, 3.05) is 0 Å². The van der Waals surface area contributed by atoms with E-state index in [1.54, 1.807) is 0 Å². The molecule has 0 bridgehead atoms. The van der Waals surface area contributed by atoms with Gasteiger partial charge in [0.1, 0.15) is 22.3 Å². The molecule has 0 radical (unpaired) electrons. The number of nitrogens with zero attached hydrogens (tertiary/aromatic N) is 3. The number of hydrogen-bond acceptors (Lipinski definition) is 5. The van der Waals surface area contributed by atoms with E-state index in [4.69, 9.17) is 23.8 Å². The average Bonchev–Trinajstić information content (AvgIpc) is 3.88. The largest absolute Gasteiger partial charge is 0.456 e. The van der Waals surface area contributed by atoms with Crippen LogP contribution >= 0.6 is 0 Å². The van der Waals surface area contributed by atoms with Crippen molar-refractivity contribution in [3.8, 4) is 56.4 Å². The molecule has 3 heterocycles. The lowest BCUT2D eigenvalue weighted by molar-refractivity contribution is 0.669. The summed E-state index contributed by atoms with van der Waals surface area (Å²) in [6.45, 7) is 0. The van der Waals surface area contributed by atoms with Gasteiger partial charge in [0, 0.05) is 32.7 Å². The van der Waals surface area contributed by atoms with Crippen molar-refractivity contribution < 1.29 is 8.83 Å². The van der Waals surface area contributed by atoms with Gasteiger partial charge in [0.25, 0.3) is 0 Å². The molecule has 0 amide bonds. The highest BCUT2D eigenvalue weighted by Gasteiger charge is 2.19. The van der Waals surface area contributed by atoms with E-state index in [0.29, 0.717) is 17.5 Å². The third kappa shape index (κ3) is 5.14. The molecular formula is C53H31N3O2. The zero-order valence-corrected chi connectivity index (χ0v) is 31.1. The molecule has 0 spiro atoms. The normalized spacial score (nSPS) is 11.8. The van der Waals surface area contributed by atoms with Crippen molar-refractivity contribution in [1.82, 2.24) is 15.0 Å². The molecule has 0 fully saturated rings. The van der Waals surface area contributed by atoms with E-state index in [9.17, 15) is 0 Å². The van der Waals surface area contributed by atoms with Gasteiger partial charge in [-0.05, 0) is 74.1 Å². The molecule has 58 heavy (non-hydrogen) atoms. The van der Waals surface area contributed by atoms with Gasteiger partial charge >= 0.3 is 0 Å². The van der Waals surface area contributed by atoms with Crippen LogP contribution in [0.4, 0.5) is 0 Å². The molecule has 270 valence electrons. The smallest absolute Gasteiger partial charge is 0.167 e. The second-order valence-electron chi connectivity index (χ2n) is 14.7. The van der Waals surface area contributed by atoms with Crippen molar-refractivity contribution in [3.05, 3.63) is 188 Å². The topological polar surface area (TPSA) is 65.0 Å².